The molecule has 1 radical (unpaired) electrons. The Hall–Kier alpha value is 1.83. The number of nitrogens with zero attached hydrogens (tertiary/aromatic N) is 1. The van der Waals surface area contributed by atoms with Crippen LogP contribution in [-0.2, 0) is 21.7 Å². The molecule has 0 N–H and O–H groups in total. The average molecular weight is 558 g/mol. The zero-order valence-corrected chi connectivity index (χ0v) is 25.9. The summed E-state index contributed by atoms with van der Waals surface area (Å²) in [6.45, 7) is 11.2. The quantitative estimate of drug-likeness (QED) is 0.0781. The second-order valence-corrected chi connectivity index (χ2v) is 9.09. The maximum atomic E-state index is 2.56. The van der Waals surface area contributed by atoms with Crippen LogP contribution in [0.1, 0.15) is 136 Å². The molecule has 0 atom stereocenters. The van der Waals surface area contributed by atoms with E-state index in [-0.39, 0.29) is 71.3 Å². The van der Waals surface area contributed by atoms with Crippen LogP contribution < -0.4 is 49.6 Å². The van der Waals surface area contributed by atoms with Gasteiger partial charge in [0.2, 0.25) is 0 Å². The number of rotatable bonds is 21. The van der Waals surface area contributed by atoms with Crippen LogP contribution >= 0.6 is 0 Å². The van der Waals surface area contributed by atoms with Gasteiger partial charge >= 0.3 is 21.7 Å². The largest absolute Gasteiger partial charge is 3.00 e. The first-order chi connectivity index (χ1) is 12.7. The minimum Gasteiger partial charge on any atom is -1.00 e. The van der Waals surface area contributed by atoms with Gasteiger partial charge < -0.3 is 54.1 Å². The zero-order chi connectivity index (χ0) is 19.3. The van der Waals surface area contributed by atoms with E-state index in [0.717, 1.165) is 0 Å². The van der Waals surface area contributed by atoms with Crippen LogP contribution in [0.5, 0.6) is 0 Å². The molecule has 0 bridgehead atoms. The number of halogens is 4. The normalized spacial score (nSPS) is 10.1. The van der Waals surface area contributed by atoms with Gasteiger partial charge in [-0.2, -0.15) is 0 Å². The van der Waals surface area contributed by atoms with Gasteiger partial charge in [0.15, 0.2) is 0 Å². The molecule has 0 aliphatic rings. The van der Waals surface area contributed by atoms with Crippen molar-refractivity contribution in [3.63, 3.8) is 0 Å². The van der Waals surface area contributed by atoms with Gasteiger partial charge in [-0.1, -0.05) is 97.8 Å². The predicted octanol–water partition coefficient (Wildman–Crippen LogP) is -3.47. The molecule has 0 rings (SSSR count). The first-order valence-electron chi connectivity index (χ1n) is 12.5. The molecule has 0 saturated carbocycles. The molecule has 0 amide bonds. The minimum atomic E-state index is 0. The maximum Gasteiger partial charge on any atom is 3.00 e. The Balaban J connectivity index is -0.000000312. The SMILES string of the molecule is CCCCCCCC[N+](C)(CCCCCCCC)CCCCCCCC.[Cl-].[Cl-].[Cl-].[Cl-].[Ti+3]. The molecule has 0 unspecified atom stereocenters. The van der Waals surface area contributed by atoms with Crippen LogP contribution in [0.15, 0.2) is 0 Å². The summed E-state index contributed by atoms with van der Waals surface area (Å²) in [6.07, 6.45) is 25.9. The van der Waals surface area contributed by atoms with Crippen LogP contribution in [0.4, 0.5) is 0 Å². The van der Waals surface area contributed by atoms with E-state index < -0.39 is 0 Å². The van der Waals surface area contributed by atoms with Crippen LogP contribution in [0.2, 0.25) is 0 Å². The van der Waals surface area contributed by atoms with E-state index in [4.69, 9.17) is 0 Å². The van der Waals surface area contributed by atoms with Gasteiger partial charge in [-0.3, -0.25) is 0 Å². The molecule has 0 aromatic heterocycles. The maximum absolute atomic E-state index is 2.56. The number of unbranched alkanes of at least 4 members (excludes halogenated alkanes) is 15. The third kappa shape index (κ3) is 34.1. The molecule has 191 valence electrons. The van der Waals surface area contributed by atoms with Crippen molar-refractivity contribution in [1.82, 2.24) is 0 Å². The second kappa shape index (κ2) is 36.4. The van der Waals surface area contributed by atoms with E-state index in [0.29, 0.717) is 0 Å². The predicted molar refractivity (Wildman–Crippen MR) is 121 cm³/mol. The molecule has 0 aromatic rings. The molecular formula is C25H54Cl4NTi. The van der Waals surface area contributed by atoms with Crippen LogP contribution in [0, 0.1) is 0 Å². The van der Waals surface area contributed by atoms with Crippen LogP contribution in [0.3, 0.4) is 0 Å². The first-order valence-corrected chi connectivity index (χ1v) is 12.5. The summed E-state index contributed by atoms with van der Waals surface area (Å²) in [6, 6.07) is 0. The molecular weight excluding hydrogens is 504 g/mol. The van der Waals surface area contributed by atoms with Crippen molar-refractivity contribution in [2.24, 2.45) is 0 Å². The molecule has 6 heteroatoms. The van der Waals surface area contributed by atoms with Gasteiger partial charge in [-0.05, 0) is 38.5 Å². The Kier molecular flexibility index (Phi) is 54.3. The van der Waals surface area contributed by atoms with E-state index in [1.807, 2.05) is 0 Å². The molecule has 0 heterocycles. The Morgan fingerprint density at radius 1 is 0.355 bits per heavy atom. The van der Waals surface area contributed by atoms with E-state index in [2.05, 4.69) is 27.8 Å². The number of quaternary nitrogens is 1. The Morgan fingerprint density at radius 2 is 0.548 bits per heavy atom. The molecule has 0 aliphatic carbocycles. The summed E-state index contributed by atoms with van der Waals surface area (Å²) in [5, 5.41) is 0. The third-order valence-corrected chi connectivity index (χ3v) is 6.15. The molecule has 0 saturated heterocycles. The van der Waals surface area contributed by atoms with Gasteiger partial charge in [0.25, 0.3) is 0 Å². The van der Waals surface area contributed by atoms with Crippen molar-refractivity contribution >= 4 is 0 Å². The van der Waals surface area contributed by atoms with E-state index >= 15 is 0 Å². The second-order valence-electron chi connectivity index (χ2n) is 9.09. The van der Waals surface area contributed by atoms with Crippen molar-refractivity contribution in [3.05, 3.63) is 0 Å². The molecule has 0 aliphatic heterocycles. The smallest absolute Gasteiger partial charge is 1.00 e. The molecule has 0 aromatic carbocycles. The Bertz CT molecular complexity index is 243. The standard InChI is InChI=1S/C25H54N.4ClH.Ti/c1-5-8-11-14-17-20-23-26(4,24-21-18-15-12-9-6-2)25-22-19-16-13-10-7-3;;;;;/h5-25H2,1-4H3;4*1H;/q+1;;;;;+3/p-4. The average Bonchev–Trinajstić information content (AvgIpc) is 2.64. The molecule has 0 spiro atoms. The number of hydrogen-bond acceptors (Lipinski definition) is 0. The first kappa shape index (κ1) is 46.2. The van der Waals surface area contributed by atoms with Crippen LogP contribution in [-0.4, -0.2) is 31.2 Å². The Morgan fingerprint density at radius 3 is 0.774 bits per heavy atom. The topological polar surface area (TPSA) is 0 Å². The minimum absolute atomic E-state index is 0. The van der Waals surface area contributed by atoms with Crippen molar-refractivity contribution in [2.45, 2.75) is 136 Å². The van der Waals surface area contributed by atoms with Crippen molar-refractivity contribution < 1.29 is 75.8 Å². The monoisotopic (exact) mass is 556 g/mol. The summed E-state index contributed by atoms with van der Waals surface area (Å²) < 4.78 is 1.36. The summed E-state index contributed by atoms with van der Waals surface area (Å²) in [7, 11) is 2.56. The molecule has 1 nitrogen and oxygen atoms in total. The van der Waals surface area contributed by atoms with Crippen molar-refractivity contribution in [3.8, 4) is 0 Å². The fraction of sp³-hybridized carbons (Fsp3) is 1.00. The Labute approximate surface area is 237 Å². The summed E-state index contributed by atoms with van der Waals surface area (Å²) in [5.41, 5.74) is 0. The fourth-order valence-corrected chi connectivity index (χ4v) is 4.16. The molecule has 0 fully saturated rings. The van der Waals surface area contributed by atoms with E-state index in [9.17, 15) is 0 Å². The zero-order valence-electron chi connectivity index (χ0n) is 21.3. The fourth-order valence-electron chi connectivity index (χ4n) is 4.16. The van der Waals surface area contributed by atoms with Crippen LogP contribution in [0.25, 0.3) is 0 Å². The van der Waals surface area contributed by atoms with E-state index in [1.54, 1.807) is 0 Å². The van der Waals surface area contributed by atoms with E-state index in [1.165, 1.54) is 140 Å². The summed E-state index contributed by atoms with van der Waals surface area (Å²) in [4.78, 5) is 0. The van der Waals surface area contributed by atoms with Gasteiger partial charge in [0.1, 0.15) is 0 Å². The van der Waals surface area contributed by atoms with Crippen molar-refractivity contribution in [2.75, 3.05) is 26.7 Å². The van der Waals surface area contributed by atoms with Gasteiger partial charge in [0.05, 0.1) is 26.7 Å². The summed E-state index contributed by atoms with van der Waals surface area (Å²) >= 11 is 0. The van der Waals surface area contributed by atoms with Crippen molar-refractivity contribution in [1.29, 1.82) is 0 Å². The molecule has 31 heavy (non-hydrogen) atoms. The van der Waals surface area contributed by atoms with Gasteiger partial charge in [-0.25, -0.2) is 0 Å². The van der Waals surface area contributed by atoms with Gasteiger partial charge in [-0.15, -0.1) is 0 Å². The third-order valence-electron chi connectivity index (χ3n) is 6.15. The number of hydrogen-bond donors (Lipinski definition) is 0. The van der Waals surface area contributed by atoms with Gasteiger partial charge in [0, 0.05) is 0 Å². The summed E-state index contributed by atoms with van der Waals surface area (Å²) in [5.74, 6) is 0.